The second-order valence-corrected chi connectivity index (χ2v) is 4.28. The van der Waals surface area contributed by atoms with Gasteiger partial charge in [-0.2, -0.15) is 0 Å². The fourth-order valence-electron chi connectivity index (χ4n) is 1.13. The summed E-state index contributed by atoms with van der Waals surface area (Å²) in [5.41, 5.74) is -0.166. The maximum Gasteiger partial charge on any atom is 0.251 e. The van der Waals surface area contributed by atoms with Gasteiger partial charge in [0, 0.05) is 11.8 Å². The lowest BCUT2D eigenvalue weighted by Gasteiger charge is -2.27. The molecule has 1 aromatic heterocycles. The van der Waals surface area contributed by atoms with E-state index in [4.69, 9.17) is 11.6 Å². The SMILES string of the molecule is CCC(C)(CO)NC(=O)c1ccnc(Cl)c1. The van der Waals surface area contributed by atoms with E-state index in [1.54, 1.807) is 13.0 Å². The summed E-state index contributed by atoms with van der Waals surface area (Å²) in [5, 5.41) is 12.2. The van der Waals surface area contributed by atoms with Crippen molar-refractivity contribution in [3.8, 4) is 0 Å². The van der Waals surface area contributed by atoms with Crippen LogP contribution in [0.3, 0.4) is 0 Å². The van der Waals surface area contributed by atoms with Crippen LogP contribution < -0.4 is 5.32 Å². The first kappa shape index (κ1) is 12.9. The summed E-state index contributed by atoms with van der Waals surface area (Å²) in [6.07, 6.45) is 2.12. The maximum atomic E-state index is 11.8. The quantitative estimate of drug-likeness (QED) is 0.789. The van der Waals surface area contributed by atoms with E-state index < -0.39 is 5.54 Å². The summed E-state index contributed by atoms with van der Waals surface area (Å²) in [6.45, 7) is 3.58. The monoisotopic (exact) mass is 242 g/mol. The highest BCUT2D eigenvalue weighted by Crippen LogP contribution is 2.11. The Bertz CT molecular complexity index is 378. The van der Waals surface area contributed by atoms with Gasteiger partial charge < -0.3 is 10.4 Å². The minimum Gasteiger partial charge on any atom is -0.394 e. The van der Waals surface area contributed by atoms with Crippen LogP contribution in [-0.2, 0) is 0 Å². The van der Waals surface area contributed by atoms with Gasteiger partial charge in [-0.15, -0.1) is 0 Å². The molecule has 2 N–H and O–H groups in total. The third-order valence-corrected chi connectivity index (χ3v) is 2.74. The second-order valence-electron chi connectivity index (χ2n) is 3.89. The van der Waals surface area contributed by atoms with E-state index in [-0.39, 0.29) is 17.7 Å². The molecule has 5 heteroatoms. The molecule has 0 aliphatic heterocycles. The summed E-state index contributed by atoms with van der Waals surface area (Å²) in [5.74, 6) is -0.261. The number of hydrogen-bond acceptors (Lipinski definition) is 3. The van der Waals surface area contributed by atoms with Crippen LogP contribution in [0, 0.1) is 0 Å². The van der Waals surface area contributed by atoms with E-state index in [0.29, 0.717) is 12.0 Å². The average Bonchev–Trinajstić information content (AvgIpc) is 2.29. The molecular formula is C11H15ClN2O2. The molecule has 0 bridgehead atoms. The standard InChI is InChI=1S/C11H15ClN2O2/c1-3-11(2,7-15)14-10(16)8-4-5-13-9(12)6-8/h4-6,15H,3,7H2,1-2H3,(H,14,16). The molecular weight excluding hydrogens is 228 g/mol. The smallest absolute Gasteiger partial charge is 0.251 e. The molecule has 1 aromatic rings. The number of rotatable bonds is 4. The van der Waals surface area contributed by atoms with E-state index in [1.807, 2.05) is 6.92 Å². The number of carbonyl (C=O) groups is 1. The highest BCUT2D eigenvalue weighted by Gasteiger charge is 2.23. The number of hydrogen-bond donors (Lipinski definition) is 2. The third kappa shape index (κ3) is 3.18. The van der Waals surface area contributed by atoms with E-state index in [0.717, 1.165) is 0 Å². The molecule has 1 rings (SSSR count). The Labute approximate surface area is 99.6 Å². The van der Waals surface area contributed by atoms with Crippen molar-refractivity contribution in [3.05, 3.63) is 29.0 Å². The predicted octanol–water partition coefficient (Wildman–Crippen LogP) is 1.63. The van der Waals surface area contributed by atoms with Crippen LogP contribution in [0.4, 0.5) is 0 Å². The van der Waals surface area contributed by atoms with E-state index in [2.05, 4.69) is 10.3 Å². The van der Waals surface area contributed by atoms with Crippen molar-refractivity contribution in [1.82, 2.24) is 10.3 Å². The zero-order chi connectivity index (χ0) is 12.2. The van der Waals surface area contributed by atoms with Crippen LogP contribution in [0.2, 0.25) is 5.15 Å². The molecule has 1 unspecified atom stereocenters. The van der Waals surface area contributed by atoms with Crippen molar-refractivity contribution in [1.29, 1.82) is 0 Å². The lowest BCUT2D eigenvalue weighted by molar-refractivity contribution is 0.0847. The number of carbonyl (C=O) groups excluding carboxylic acids is 1. The normalized spacial score (nSPS) is 14.2. The number of halogens is 1. The summed E-state index contributed by atoms with van der Waals surface area (Å²) in [6, 6.07) is 3.07. The topological polar surface area (TPSA) is 62.2 Å². The maximum absolute atomic E-state index is 11.8. The van der Waals surface area contributed by atoms with Gasteiger partial charge in [-0.3, -0.25) is 4.79 Å². The van der Waals surface area contributed by atoms with Crippen LogP contribution in [0.15, 0.2) is 18.3 Å². The van der Waals surface area contributed by atoms with Crippen molar-refractivity contribution in [2.75, 3.05) is 6.61 Å². The van der Waals surface area contributed by atoms with Crippen molar-refractivity contribution < 1.29 is 9.90 Å². The molecule has 4 nitrogen and oxygen atoms in total. The molecule has 1 amide bonds. The fourth-order valence-corrected chi connectivity index (χ4v) is 1.30. The number of aromatic nitrogens is 1. The summed E-state index contributed by atoms with van der Waals surface area (Å²) in [4.78, 5) is 15.6. The first-order valence-electron chi connectivity index (χ1n) is 5.05. The van der Waals surface area contributed by atoms with Gasteiger partial charge in [0.1, 0.15) is 5.15 Å². The van der Waals surface area contributed by atoms with Gasteiger partial charge in [-0.25, -0.2) is 4.98 Å². The van der Waals surface area contributed by atoms with E-state index >= 15 is 0 Å². The second kappa shape index (κ2) is 5.27. The molecule has 0 spiro atoms. The number of aliphatic hydroxyl groups excluding tert-OH is 1. The zero-order valence-corrected chi connectivity index (χ0v) is 10.1. The van der Waals surface area contributed by atoms with Gasteiger partial charge in [0.05, 0.1) is 12.1 Å². The Morgan fingerprint density at radius 1 is 1.69 bits per heavy atom. The lowest BCUT2D eigenvalue weighted by atomic mass is 10.00. The fraction of sp³-hybridized carbons (Fsp3) is 0.455. The van der Waals surface area contributed by atoms with E-state index in [9.17, 15) is 9.90 Å². The molecule has 16 heavy (non-hydrogen) atoms. The predicted molar refractivity (Wildman–Crippen MR) is 62.5 cm³/mol. The lowest BCUT2D eigenvalue weighted by Crippen LogP contribution is -2.48. The van der Waals surface area contributed by atoms with Crippen LogP contribution >= 0.6 is 11.6 Å². The largest absolute Gasteiger partial charge is 0.394 e. The molecule has 0 aliphatic carbocycles. The van der Waals surface area contributed by atoms with Gasteiger partial charge in [0.25, 0.3) is 5.91 Å². The first-order chi connectivity index (χ1) is 7.50. The molecule has 0 saturated heterocycles. The van der Waals surface area contributed by atoms with E-state index in [1.165, 1.54) is 12.3 Å². The van der Waals surface area contributed by atoms with Gasteiger partial charge in [-0.1, -0.05) is 18.5 Å². The number of aliphatic hydroxyl groups is 1. The molecule has 88 valence electrons. The number of pyridine rings is 1. The minimum absolute atomic E-state index is 0.103. The van der Waals surface area contributed by atoms with Crippen LogP contribution in [-0.4, -0.2) is 28.1 Å². The average molecular weight is 243 g/mol. The van der Waals surface area contributed by atoms with Crippen LogP contribution in [0.5, 0.6) is 0 Å². The van der Waals surface area contributed by atoms with Crippen LogP contribution in [0.25, 0.3) is 0 Å². The Hall–Kier alpha value is -1.13. The highest BCUT2D eigenvalue weighted by atomic mass is 35.5. The van der Waals surface area contributed by atoms with Gasteiger partial charge in [-0.05, 0) is 25.5 Å². The molecule has 1 heterocycles. The van der Waals surface area contributed by atoms with Gasteiger partial charge in [0.15, 0.2) is 0 Å². The van der Waals surface area contributed by atoms with Crippen molar-refractivity contribution in [2.45, 2.75) is 25.8 Å². The van der Waals surface area contributed by atoms with Crippen molar-refractivity contribution in [2.24, 2.45) is 0 Å². The third-order valence-electron chi connectivity index (χ3n) is 2.53. The first-order valence-corrected chi connectivity index (χ1v) is 5.43. The molecule has 0 fully saturated rings. The van der Waals surface area contributed by atoms with Crippen LogP contribution in [0.1, 0.15) is 30.6 Å². The Kier molecular flexibility index (Phi) is 4.26. The van der Waals surface area contributed by atoms with Crippen molar-refractivity contribution >= 4 is 17.5 Å². The summed E-state index contributed by atoms with van der Waals surface area (Å²) < 4.78 is 0. The highest BCUT2D eigenvalue weighted by molar-refractivity contribution is 6.29. The molecule has 0 aliphatic rings. The van der Waals surface area contributed by atoms with Gasteiger partial charge in [0.2, 0.25) is 0 Å². The Morgan fingerprint density at radius 2 is 2.38 bits per heavy atom. The Balaban J connectivity index is 2.80. The molecule has 0 radical (unpaired) electrons. The molecule has 0 saturated carbocycles. The minimum atomic E-state index is -0.604. The number of amides is 1. The Morgan fingerprint density at radius 3 is 2.88 bits per heavy atom. The summed E-state index contributed by atoms with van der Waals surface area (Å²) in [7, 11) is 0. The number of nitrogens with one attached hydrogen (secondary N) is 1. The molecule has 0 aromatic carbocycles. The molecule has 1 atom stereocenters. The summed E-state index contributed by atoms with van der Waals surface area (Å²) >= 11 is 5.69. The number of nitrogens with zero attached hydrogens (tertiary/aromatic N) is 1. The van der Waals surface area contributed by atoms with Gasteiger partial charge >= 0.3 is 0 Å². The zero-order valence-electron chi connectivity index (χ0n) is 9.33. The van der Waals surface area contributed by atoms with Crippen molar-refractivity contribution in [3.63, 3.8) is 0 Å².